The maximum atomic E-state index is 13.2. The molecule has 1 aliphatic heterocycles. The number of pyridine rings is 1. The highest BCUT2D eigenvalue weighted by atomic mass is 32.2. The normalized spacial score (nSPS) is 17.9. The van der Waals surface area contributed by atoms with E-state index in [0.29, 0.717) is 18.0 Å². The third kappa shape index (κ3) is 5.85. The van der Waals surface area contributed by atoms with Gasteiger partial charge in [-0.3, -0.25) is 19.8 Å². The molecule has 1 fully saturated rings. The van der Waals surface area contributed by atoms with Crippen molar-refractivity contribution in [1.82, 2.24) is 14.8 Å². The molecule has 0 radical (unpaired) electrons. The predicted octanol–water partition coefficient (Wildman–Crippen LogP) is 3.95. The Morgan fingerprint density at radius 1 is 1.07 bits per heavy atom. The minimum Gasteiger partial charge on any atom is -0.489 e. The van der Waals surface area contributed by atoms with Gasteiger partial charge in [0.15, 0.2) is 0 Å². The molecule has 4 aromatic rings. The number of hydrogen-bond donors (Lipinski definition) is 3. The first-order valence-corrected chi connectivity index (χ1v) is 14.9. The molecule has 0 saturated carbocycles. The summed E-state index contributed by atoms with van der Waals surface area (Å²) in [5.74, 6) is -2.53. The first kappa shape index (κ1) is 27.7. The summed E-state index contributed by atoms with van der Waals surface area (Å²) >= 11 is 1.08. The number of hydrogen-bond acceptors (Lipinski definition) is 8. The summed E-state index contributed by atoms with van der Waals surface area (Å²) in [6.45, 7) is 2.14. The zero-order chi connectivity index (χ0) is 28.3. The van der Waals surface area contributed by atoms with E-state index in [0.717, 1.165) is 33.5 Å². The highest BCUT2D eigenvalue weighted by Gasteiger charge is 2.42. The quantitative estimate of drug-likeness (QED) is 0.212. The lowest BCUT2D eigenvalue weighted by Gasteiger charge is -2.35. The average Bonchev–Trinajstić information content (AvgIpc) is 3.52. The molecule has 1 saturated heterocycles. The summed E-state index contributed by atoms with van der Waals surface area (Å²) < 4.78 is 33.2. The van der Waals surface area contributed by atoms with Gasteiger partial charge >= 0.3 is 0 Å². The fraction of sp³-hybridized carbons (Fsp3) is 0.250. The number of anilines is 1. The van der Waals surface area contributed by atoms with Gasteiger partial charge in [-0.05, 0) is 61.2 Å². The van der Waals surface area contributed by atoms with Crippen LogP contribution in [0.3, 0.4) is 0 Å². The van der Waals surface area contributed by atoms with Crippen LogP contribution in [0.1, 0.15) is 17.7 Å². The van der Waals surface area contributed by atoms with Crippen molar-refractivity contribution in [3.63, 3.8) is 0 Å². The molecule has 208 valence electrons. The number of para-hydroxylation sites is 1. The van der Waals surface area contributed by atoms with Gasteiger partial charge in [-0.1, -0.05) is 24.3 Å². The molecule has 0 aliphatic carbocycles. The summed E-state index contributed by atoms with van der Waals surface area (Å²) in [7, 11) is -3.81. The number of sulfonamides is 1. The van der Waals surface area contributed by atoms with Crippen molar-refractivity contribution in [1.29, 1.82) is 0 Å². The number of fused-ring (bicyclic) bond motifs is 1. The molecule has 10 nitrogen and oxygen atoms in total. The number of nitrogens with one attached hydrogen (secondary N) is 2. The van der Waals surface area contributed by atoms with E-state index in [4.69, 9.17) is 4.74 Å². The first-order valence-electron chi connectivity index (χ1n) is 12.6. The second-order valence-electron chi connectivity index (χ2n) is 9.52. The van der Waals surface area contributed by atoms with E-state index in [1.807, 2.05) is 37.3 Å². The first-order chi connectivity index (χ1) is 19.3. The monoisotopic (exact) mass is 580 g/mol. The number of rotatable bonds is 8. The number of ether oxygens (including phenoxy) is 1. The number of aromatic nitrogens is 1. The van der Waals surface area contributed by atoms with Crippen molar-refractivity contribution in [2.24, 2.45) is 11.8 Å². The van der Waals surface area contributed by atoms with Gasteiger partial charge < -0.3 is 10.1 Å². The van der Waals surface area contributed by atoms with Crippen molar-refractivity contribution < 1.29 is 28.0 Å². The molecule has 0 unspecified atom stereocenters. The van der Waals surface area contributed by atoms with Crippen LogP contribution in [-0.2, 0) is 26.2 Å². The van der Waals surface area contributed by atoms with Crippen LogP contribution in [0.4, 0.5) is 5.69 Å². The fourth-order valence-electron chi connectivity index (χ4n) is 4.89. The number of piperidine rings is 1. The molecule has 0 spiro atoms. The summed E-state index contributed by atoms with van der Waals surface area (Å²) in [4.78, 5) is 30.2. The van der Waals surface area contributed by atoms with E-state index in [1.165, 1.54) is 10.4 Å². The Hall–Kier alpha value is -3.84. The van der Waals surface area contributed by atoms with Gasteiger partial charge in [0.25, 0.3) is 10.0 Å². The summed E-state index contributed by atoms with van der Waals surface area (Å²) in [5.41, 5.74) is 4.90. The summed E-state index contributed by atoms with van der Waals surface area (Å²) in [6, 6.07) is 19.9. The van der Waals surface area contributed by atoms with Crippen LogP contribution in [0.15, 0.2) is 76.3 Å². The number of nitrogens with zero attached hydrogens (tertiary/aromatic N) is 2. The van der Waals surface area contributed by atoms with Crippen LogP contribution in [0.5, 0.6) is 5.75 Å². The highest BCUT2D eigenvalue weighted by Crippen LogP contribution is 2.31. The van der Waals surface area contributed by atoms with Gasteiger partial charge in [-0.2, -0.15) is 4.31 Å². The van der Waals surface area contributed by atoms with Crippen LogP contribution in [0.2, 0.25) is 0 Å². The smallest absolute Gasteiger partial charge is 0.252 e. The number of benzene rings is 2. The molecular formula is C28H28N4O6S2. The number of hydroxylamine groups is 1. The standard InChI is InChI=1S/C28H28N4O6S2/c1-18-15-19(22-5-2-3-6-25(22)29-18)17-38-21-10-8-20(9-11-21)30-27(33)23-12-13-32(16-24(23)28(34)31-35)40(36,37)26-7-4-14-39-26/h2-11,14-15,23-24,35H,12-13,16-17H2,1H3,(H,30,33)(H,31,34)/t23-,24-/m0/s1. The Balaban J connectivity index is 1.24. The molecule has 12 heteroatoms. The van der Waals surface area contributed by atoms with Crippen molar-refractivity contribution >= 4 is 49.8 Å². The SMILES string of the molecule is Cc1cc(COc2ccc(NC(=O)[C@H]3CCN(S(=O)(=O)c4cccs4)C[C@@H]3C(=O)NO)cc2)c2ccccc2n1. The Morgan fingerprint density at radius 3 is 2.58 bits per heavy atom. The van der Waals surface area contributed by atoms with E-state index in [2.05, 4.69) is 10.3 Å². The lowest BCUT2D eigenvalue weighted by Crippen LogP contribution is -2.51. The van der Waals surface area contributed by atoms with Crippen molar-refractivity contribution in [3.8, 4) is 5.75 Å². The number of carbonyl (C=O) groups excluding carboxylic acids is 2. The van der Waals surface area contributed by atoms with Gasteiger partial charge in [0, 0.05) is 35.4 Å². The minimum absolute atomic E-state index is 0.0729. The van der Waals surface area contributed by atoms with E-state index >= 15 is 0 Å². The Labute approximate surface area is 235 Å². The van der Waals surface area contributed by atoms with Crippen LogP contribution < -0.4 is 15.5 Å². The molecule has 40 heavy (non-hydrogen) atoms. The maximum absolute atomic E-state index is 13.2. The number of carbonyl (C=O) groups is 2. The van der Waals surface area contributed by atoms with E-state index in [9.17, 15) is 23.2 Å². The maximum Gasteiger partial charge on any atom is 0.252 e. The number of thiophene rings is 1. The molecule has 2 atom stereocenters. The van der Waals surface area contributed by atoms with Gasteiger partial charge in [-0.15, -0.1) is 11.3 Å². The van der Waals surface area contributed by atoms with Gasteiger partial charge in [-0.25, -0.2) is 13.9 Å². The largest absolute Gasteiger partial charge is 0.489 e. The zero-order valence-corrected chi connectivity index (χ0v) is 23.2. The van der Waals surface area contributed by atoms with Crippen LogP contribution in [0.25, 0.3) is 10.9 Å². The van der Waals surface area contributed by atoms with Crippen molar-refractivity contribution in [2.45, 2.75) is 24.2 Å². The van der Waals surface area contributed by atoms with E-state index in [-0.39, 0.29) is 23.7 Å². The fourth-order valence-corrected chi connectivity index (χ4v) is 7.51. The van der Waals surface area contributed by atoms with Gasteiger partial charge in [0.2, 0.25) is 11.8 Å². The Kier molecular flexibility index (Phi) is 8.12. The van der Waals surface area contributed by atoms with E-state index < -0.39 is 33.7 Å². The lowest BCUT2D eigenvalue weighted by atomic mass is 9.85. The molecule has 0 bridgehead atoms. The molecule has 3 heterocycles. The second kappa shape index (κ2) is 11.7. The number of aryl methyl sites for hydroxylation is 1. The third-order valence-electron chi connectivity index (χ3n) is 6.89. The lowest BCUT2D eigenvalue weighted by molar-refractivity contribution is -0.140. The van der Waals surface area contributed by atoms with Crippen molar-refractivity contribution in [2.75, 3.05) is 18.4 Å². The predicted molar refractivity (Wildman–Crippen MR) is 150 cm³/mol. The van der Waals surface area contributed by atoms with Gasteiger partial charge in [0.1, 0.15) is 16.6 Å². The molecule has 5 rings (SSSR count). The van der Waals surface area contributed by atoms with Crippen LogP contribution >= 0.6 is 11.3 Å². The molecule has 3 N–H and O–H groups in total. The third-order valence-corrected chi connectivity index (χ3v) is 10.1. The molecule has 2 aromatic heterocycles. The van der Waals surface area contributed by atoms with Gasteiger partial charge in [0.05, 0.1) is 17.4 Å². The zero-order valence-electron chi connectivity index (χ0n) is 21.6. The molecule has 2 amide bonds. The molecule has 1 aliphatic rings. The number of amides is 2. The van der Waals surface area contributed by atoms with E-state index in [1.54, 1.807) is 41.2 Å². The summed E-state index contributed by atoms with van der Waals surface area (Å²) in [5, 5.41) is 14.8. The second-order valence-corrected chi connectivity index (χ2v) is 12.6. The Bertz CT molecular complexity index is 1620. The minimum atomic E-state index is -3.81. The molecular weight excluding hydrogens is 552 g/mol. The average molecular weight is 581 g/mol. The topological polar surface area (TPSA) is 138 Å². The highest BCUT2D eigenvalue weighted by molar-refractivity contribution is 7.91. The van der Waals surface area contributed by atoms with Crippen LogP contribution in [0, 0.1) is 18.8 Å². The molecule has 2 aromatic carbocycles. The summed E-state index contributed by atoms with van der Waals surface area (Å²) in [6.07, 6.45) is 0.120. The van der Waals surface area contributed by atoms with Crippen molar-refractivity contribution in [3.05, 3.63) is 83.4 Å². The van der Waals surface area contributed by atoms with Crippen LogP contribution in [-0.4, -0.2) is 47.8 Å². The Morgan fingerprint density at radius 2 is 1.85 bits per heavy atom.